The van der Waals surface area contributed by atoms with Crippen molar-refractivity contribution in [1.29, 1.82) is 0 Å². The molecule has 0 amide bonds. The van der Waals surface area contributed by atoms with Crippen molar-refractivity contribution in [2.75, 3.05) is 40.0 Å². The molecule has 0 unspecified atom stereocenters. The predicted molar refractivity (Wildman–Crippen MR) is 62.3 cm³/mol. The Balaban J connectivity index is 2.08. The van der Waals surface area contributed by atoms with Gasteiger partial charge in [-0.15, -0.1) is 0 Å². The van der Waals surface area contributed by atoms with E-state index in [-0.39, 0.29) is 5.97 Å². The number of esters is 1. The van der Waals surface area contributed by atoms with Crippen LogP contribution in [0, 0.1) is 5.92 Å². The molecule has 0 aliphatic carbocycles. The lowest BCUT2D eigenvalue weighted by atomic mass is 9.96. The van der Waals surface area contributed by atoms with Crippen LogP contribution in [0.5, 0.6) is 0 Å². The Bertz CT molecular complexity index is 202. The number of likely N-dealkylation sites (N-methyl/N-ethyl adjacent to an activating group) is 1. The molecule has 0 radical (unpaired) electrons. The van der Waals surface area contributed by atoms with Crippen molar-refractivity contribution in [3.8, 4) is 0 Å². The second-order valence-corrected chi connectivity index (χ2v) is 4.39. The van der Waals surface area contributed by atoms with Gasteiger partial charge in [-0.3, -0.25) is 9.69 Å². The monoisotopic (exact) mass is 229 g/mol. The summed E-state index contributed by atoms with van der Waals surface area (Å²) in [6.07, 6.45) is 3.47. The van der Waals surface area contributed by atoms with Gasteiger partial charge in [0.15, 0.2) is 0 Å². The molecule has 16 heavy (non-hydrogen) atoms. The van der Waals surface area contributed by atoms with E-state index in [0.29, 0.717) is 13.2 Å². The molecule has 4 heteroatoms. The summed E-state index contributed by atoms with van der Waals surface area (Å²) >= 11 is 0. The first-order valence-corrected chi connectivity index (χ1v) is 6.14. The Kier molecular flexibility index (Phi) is 6.42. The second kappa shape index (κ2) is 7.63. The van der Waals surface area contributed by atoms with Crippen molar-refractivity contribution in [1.82, 2.24) is 4.90 Å². The summed E-state index contributed by atoms with van der Waals surface area (Å²) in [7, 11) is 1.97. The summed E-state index contributed by atoms with van der Waals surface area (Å²) in [6.45, 7) is 5.45. The number of carbonyl (C=O) groups is 1. The fourth-order valence-electron chi connectivity index (χ4n) is 1.94. The summed E-state index contributed by atoms with van der Waals surface area (Å²) < 4.78 is 10.2. The number of rotatable bonds is 6. The molecule has 1 saturated heterocycles. The number of carbonyl (C=O) groups excluding carboxylic acids is 1. The van der Waals surface area contributed by atoms with Gasteiger partial charge in [0.25, 0.3) is 0 Å². The summed E-state index contributed by atoms with van der Waals surface area (Å²) in [6, 6.07) is 0. The molecule has 0 N–H and O–H groups in total. The lowest BCUT2D eigenvalue weighted by molar-refractivity contribution is -0.144. The number of hydrogen-bond acceptors (Lipinski definition) is 4. The van der Waals surface area contributed by atoms with Crippen LogP contribution in [0.15, 0.2) is 0 Å². The average Bonchev–Trinajstić information content (AvgIpc) is 2.28. The summed E-state index contributed by atoms with van der Waals surface area (Å²) in [5, 5.41) is 0. The highest BCUT2D eigenvalue weighted by Gasteiger charge is 2.15. The van der Waals surface area contributed by atoms with Gasteiger partial charge in [-0.25, -0.2) is 0 Å². The third-order valence-electron chi connectivity index (χ3n) is 2.96. The lowest BCUT2D eigenvalue weighted by Crippen LogP contribution is -2.30. The normalized spacial score (nSPS) is 17.7. The molecule has 4 nitrogen and oxygen atoms in total. The van der Waals surface area contributed by atoms with E-state index < -0.39 is 0 Å². The van der Waals surface area contributed by atoms with E-state index in [1.54, 1.807) is 0 Å². The van der Waals surface area contributed by atoms with Crippen LogP contribution in [-0.4, -0.2) is 50.8 Å². The van der Waals surface area contributed by atoms with Gasteiger partial charge in [-0.2, -0.15) is 0 Å². The second-order valence-electron chi connectivity index (χ2n) is 4.39. The molecule has 1 heterocycles. The molecule has 1 fully saturated rings. The molecule has 0 spiro atoms. The Morgan fingerprint density at radius 3 is 2.75 bits per heavy atom. The van der Waals surface area contributed by atoms with Crippen LogP contribution in [0.1, 0.15) is 26.2 Å². The van der Waals surface area contributed by atoms with Gasteiger partial charge < -0.3 is 9.47 Å². The largest absolute Gasteiger partial charge is 0.465 e. The maximum atomic E-state index is 11.2. The molecule has 1 rings (SSSR count). The number of hydrogen-bond donors (Lipinski definition) is 0. The fourth-order valence-corrected chi connectivity index (χ4v) is 1.94. The smallest absolute Gasteiger partial charge is 0.320 e. The third kappa shape index (κ3) is 5.47. The Morgan fingerprint density at radius 2 is 2.12 bits per heavy atom. The predicted octanol–water partition coefficient (Wildman–Crippen LogP) is 1.30. The maximum Gasteiger partial charge on any atom is 0.320 e. The van der Waals surface area contributed by atoms with Crippen molar-refractivity contribution in [2.45, 2.75) is 26.2 Å². The van der Waals surface area contributed by atoms with Gasteiger partial charge in [0.2, 0.25) is 0 Å². The van der Waals surface area contributed by atoms with E-state index in [0.717, 1.165) is 44.9 Å². The van der Waals surface area contributed by atoms with Crippen LogP contribution < -0.4 is 0 Å². The molecule has 0 aromatic carbocycles. The van der Waals surface area contributed by atoms with Crippen molar-refractivity contribution >= 4 is 5.97 Å². The Hall–Kier alpha value is -0.610. The van der Waals surface area contributed by atoms with Crippen molar-refractivity contribution in [2.24, 2.45) is 5.92 Å². The van der Waals surface area contributed by atoms with Gasteiger partial charge in [0, 0.05) is 13.2 Å². The van der Waals surface area contributed by atoms with E-state index in [4.69, 9.17) is 9.47 Å². The molecule has 1 aliphatic rings. The molecular formula is C12H23NO3. The van der Waals surface area contributed by atoms with Crippen molar-refractivity contribution in [3.05, 3.63) is 0 Å². The van der Waals surface area contributed by atoms with Gasteiger partial charge in [-0.1, -0.05) is 0 Å². The zero-order valence-corrected chi connectivity index (χ0v) is 10.4. The van der Waals surface area contributed by atoms with E-state index >= 15 is 0 Å². The Labute approximate surface area is 97.9 Å². The van der Waals surface area contributed by atoms with Gasteiger partial charge >= 0.3 is 5.97 Å². The minimum Gasteiger partial charge on any atom is -0.465 e. The van der Waals surface area contributed by atoms with Crippen LogP contribution in [0.3, 0.4) is 0 Å². The van der Waals surface area contributed by atoms with Crippen LogP contribution in [0.4, 0.5) is 0 Å². The van der Waals surface area contributed by atoms with Crippen LogP contribution in [0.2, 0.25) is 0 Å². The molecule has 1 aliphatic heterocycles. The molecule has 0 saturated carbocycles. The van der Waals surface area contributed by atoms with E-state index in [9.17, 15) is 4.79 Å². The molecule has 0 aromatic rings. The highest BCUT2D eigenvalue weighted by atomic mass is 16.5. The molecule has 0 atom stereocenters. The molecule has 0 aromatic heterocycles. The standard InChI is InChI=1S/C12H23NO3/c1-3-16-12(14)10-13(2)7-4-11-5-8-15-9-6-11/h11H,3-10H2,1-2H3. The van der Waals surface area contributed by atoms with Crippen molar-refractivity contribution < 1.29 is 14.3 Å². The first-order valence-electron chi connectivity index (χ1n) is 6.14. The zero-order chi connectivity index (χ0) is 11.8. The minimum atomic E-state index is -0.128. The SMILES string of the molecule is CCOC(=O)CN(C)CCC1CCOCC1. The van der Waals surface area contributed by atoms with Gasteiger partial charge in [0.05, 0.1) is 13.2 Å². The maximum absolute atomic E-state index is 11.2. The van der Waals surface area contributed by atoms with E-state index in [1.165, 1.54) is 0 Å². The highest BCUT2D eigenvalue weighted by Crippen LogP contribution is 2.18. The summed E-state index contributed by atoms with van der Waals surface area (Å²) in [5.74, 6) is 0.635. The molecular weight excluding hydrogens is 206 g/mol. The van der Waals surface area contributed by atoms with Crippen LogP contribution in [-0.2, 0) is 14.3 Å². The summed E-state index contributed by atoms with van der Waals surface area (Å²) in [4.78, 5) is 13.3. The highest BCUT2D eigenvalue weighted by molar-refractivity contribution is 5.71. The van der Waals surface area contributed by atoms with Crippen LogP contribution >= 0.6 is 0 Å². The number of nitrogens with zero attached hydrogens (tertiary/aromatic N) is 1. The lowest BCUT2D eigenvalue weighted by Gasteiger charge is -2.24. The third-order valence-corrected chi connectivity index (χ3v) is 2.96. The van der Waals surface area contributed by atoms with Gasteiger partial charge in [0.1, 0.15) is 0 Å². The Morgan fingerprint density at radius 1 is 1.44 bits per heavy atom. The van der Waals surface area contributed by atoms with Gasteiger partial charge in [-0.05, 0) is 45.7 Å². The van der Waals surface area contributed by atoms with Crippen molar-refractivity contribution in [3.63, 3.8) is 0 Å². The van der Waals surface area contributed by atoms with E-state index in [1.807, 2.05) is 18.9 Å². The quantitative estimate of drug-likeness (QED) is 0.643. The van der Waals surface area contributed by atoms with Crippen LogP contribution in [0.25, 0.3) is 0 Å². The average molecular weight is 229 g/mol. The van der Waals surface area contributed by atoms with E-state index in [2.05, 4.69) is 0 Å². The fraction of sp³-hybridized carbons (Fsp3) is 0.917. The topological polar surface area (TPSA) is 38.8 Å². The zero-order valence-electron chi connectivity index (χ0n) is 10.4. The summed E-state index contributed by atoms with van der Waals surface area (Å²) in [5.41, 5.74) is 0. The number of ether oxygens (including phenoxy) is 2. The molecule has 94 valence electrons. The minimum absolute atomic E-state index is 0.128. The first-order chi connectivity index (χ1) is 7.72. The molecule has 0 bridgehead atoms. The first kappa shape index (κ1) is 13.5.